The predicted molar refractivity (Wildman–Crippen MR) is 75.2 cm³/mol. The van der Waals surface area contributed by atoms with Gasteiger partial charge in [0.05, 0.1) is 24.1 Å². The predicted octanol–water partition coefficient (Wildman–Crippen LogP) is 2.25. The molecule has 2 N–H and O–H groups in total. The third-order valence-electron chi connectivity index (χ3n) is 3.07. The number of nitrogens with zero attached hydrogens (tertiary/aromatic N) is 2. The van der Waals surface area contributed by atoms with Gasteiger partial charge in [-0.05, 0) is 13.8 Å². The van der Waals surface area contributed by atoms with E-state index in [0.29, 0.717) is 18.9 Å². The monoisotopic (exact) mass is 267 g/mol. The lowest BCUT2D eigenvalue weighted by atomic mass is 10.1. The second kappa shape index (κ2) is 6.82. The Morgan fingerprint density at radius 2 is 2.05 bits per heavy atom. The molecule has 0 bridgehead atoms. The van der Waals surface area contributed by atoms with Crippen molar-refractivity contribution in [2.24, 2.45) is 5.73 Å². The average molecular weight is 267 g/mol. The number of hydrogen-bond acceptors (Lipinski definition) is 5. The van der Waals surface area contributed by atoms with Crippen molar-refractivity contribution in [3.63, 3.8) is 0 Å². The van der Waals surface area contributed by atoms with Crippen LogP contribution in [0, 0.1) is 0 Å². The Hall–Kier alpha value is -1.20. The molecule has 0 spiro atoms. The molecule has 0 atom stereocenters. The van der Waals surface area contributed by atoms with Crippen molar-refractivity contribution in [1.82, 2.24) is 9.97 Å². The second-order valence-electron chi connectivity index (χ2n) is 5.46. The Labute approximate surface area is 115 Å². The summed E-state index contributed by atoms with van der Waals surface area (Å²) in [6.07, 6.45) is 2.50. The molecule has 0 fully saturated rings. The molecule has 5 nitrogen and oxygen atoms in total. The maximum atomic E-state index is 5.72. The summed E-state index contributed by atoms with van der Waals surface area (Å²) in [5.74, 6) is 1.75. The molecular formula is C14H25N3O2. The van der Waals surface area contributed by atoms with E-state index in [1.807, 2.05) is 13.8 Å². The summed E-state index contributed by atoms with van der Waals surface area (Å²) in [4.78, 5) is 8.73. The van der Waals surface area contributed by atoms with Gasteiger partial charge in [0.1, 0.15) is 5.82 Å². The number of ether oxygens (including phenoxy) is 2. The average Bonchev–Trinajstić information content (AvgIpc) is 2.38. The lowest BCUT2D eigenvalue weighted by Crippen LogP contribution is -2.25. The van der Waals surface area contributed by atoms with Crippen molar-refractivity contribution in [3.05, 3.63) is 17.7 Å². The van der Waals surface area contributed by atoms with Crippen LogP contribution in [0.4, 0.5) is 0 Å². The molecule has 1 aromatic heterocycles. The Morgan fingerprint density at radius 1 is 1.37 bits per heavy atom. The van der Waals surface area contributed by atoms with Gasteiger partial charge in [0.25, 0.3) is 0 Å². The van der Waals surface area contributed by atoms with Gasteiger partial charge in [-0.2, -0.15) is 0 Å². The molecule has 0 saturated heterocycles. The van der Waals surface area contributed by atoms with Crippen LogP contribution < -0.4 is 10.5 Å². The fraction of sp³-hybridized carbons (Fsp3) is 0.714. The quantitative estimate of drug-likeness (QED) is 0.820. The fourth-order valence-corrected chi connectivity index (χ4v) is 1.48. The van der Waals surface area contributed by atoms with Crippen LogP contribution in [0.5, 0.6) is 5.75 Å². The largest absolute Gasteiger partial charge is 0.490 e. The molecule has 0 radical (unpaired) electrons. The molecule has 1 rings (SSSR count). The van der Waals surface area contributed by atoms with Crippen LogP contribution in [-0.4, -0.2) is 29.3 Å². The Kier molecular flexibility index (Phi) is 5.69. The summed E-state index contributed by atoms with van der Waals surface area (Å²) in [5, 5.41) is 0. The lowest BCUT2D eigenvalue weighted by molar-refractivity contribution is 0.00530. The standard InChI is InChI=1S/C14H25N3O2/c1-10(2)13-16-9-12(11(8-15)17-13)19-7-6-14(3,4)18-5/h9-10H,6-8,15H2,1-5H3. The first kappa shape index (κ1) is 15.9. The van der Waals surface area contributed by atoms with E-state index in [0.717, 1.165) is 17.9 Å². The van der Waals surface area contributed by atoms with Crippen molar-refractivity contribution in [2.75, 3.05) is 13.7 Å². The van der Waals surface area contributed by atoms with Crippen LogP contribution in [0.2, 0.25) is 0 Å². The minimum Gasteiger partial charge on any atom is -0.490 e. The first-order chi connectivity index (χ1) is 8.89. The topological polar surface area (TPSA) is 70.3 Å². The number of rotatable bonds is 7. The Bertz CT molecular complexity index is 406. The van der Waals surface area contributed by atoms with E-state index >= 15 is 0 Å². The van der Waals surface area contributed by atoms with Crippen LogP contribution >= 0.6 is 0 Å². The highest BCUT2D eigenvalue weighted by molar-refractivity contribution is 5.25. The minimum atomic E-state index is -0.193. The number of hydrogen-bond donors (Lipinski definition) is 1. The van der Waals surface area contributed by atoms with Gasteiger partial charge in [-0.15, -0.1) is 0 Å². The number of aromatic nitrogens is 2. The molecular weight excluding hydrogens is 242 g/mol. The normalized spacial score (nSPS) is 11.9. The first-order valence-corrected chi connectivity index (χ1v) is 6.63. The number of methoxy groups -OCH3 is 1. The van der Waals surface area contributed by atoms with Crippen molar-refractivity contribution >= 4 is 0 Å². The smallest absolute Gasteiger partial charge is 0.160 e. The maximum absolute atomic E-state index is 5.72. The molecule has 1 aromatic rings. The lowest BCUT2D eigenvalue weighted by Gasteiger charge is -2.22. The zero-order valence-corrected chi connectivity index (χ0v) is 12.6. The van der Waals surface area contributed by atoms with Gasteiger partial charge < -0.3 is 15.2 Å². The van der Waals surface area contributed by atoms with Gasteiger partial charge in [-0.3, -0.25) is 0 Å². The second-order valence-corrected chi connectivity index (χ2v) is 5.46. The summed E-state index contributed by atoms with van der Waals surface area (Å²) < 4.78 is 11.1. The van der Waals surface area contributed by atoms with Crippen molar-refractivity contribution < 1.29 is 9.47 Å². The summed E-state index contributed by atoms with van der Waals surface area (Å²) >= 11 is 0. The zero-order valence-electron chi connectivity index (χ0n) is 12.6. The zero-order chi connectivity index (χ0) is 14.5. The van der Waals surface area contributed by atoms with Gasteiger partial charge in [-0.25, -0.2) is 9.97 Å². The van der Waals surface area contributed by atoms with Crippen LogP contribution in [0.3, 0.4) is 0 Å². The summed E-state index contributed by atoms with van der Waals surface area (Å²) in [6, 6.07) is 0. The van der Waals surface area contributed by atoms with Crippen LogP contribution in [0.25, 0.3) is 0 Å². The van der Waals surface area contributed by atoms with Gasteiger partial charge >= 0.3 is 0 Å². The van der Waals surface area contributed by atoms with Crippen molar-refractivity contribution in [1.29, 1.82) is 0 Å². The van der Waals surface area contributed by atoms with Crippen molar-refractivity contribution in [3.8, 4) is 5.75 Å². The van der Waals surface area contributed by atoms with E-state index in [2.05, 4.69) is 23.8 Å². The van der Waals surface area contributed by atoms with E-state index in [4.69, 9.17) is 15.2 Å². The van der Waals surface area contributed by atoms with E-state index in [-0.39, 0.29) is 11.5 Å². The SMILES string of the molecule is COC(C)(C)CCOc1cnc(C(C)C)nc1CN. The molecule has 0 aromatic carbocycles. The van der Waals surface area contributed by atoms with E-state index in [1.165, 1.54) is 0 Å². The molecule has 0 aliphatic heterocycles. The molecule has 0 unspecified atom stereocenters. The van der Waals surface area contributed by atoms with Crippen LogP contribution in [0.1, 0.15) is 51.6 Å². The van der Waals surface area contributed by atoms with Crippen LogP contribution in [-0.2, 0) is 11.3 Å². The third kappa shape index (κ3) is 4.76. The maximum Gasteiger partial charge on any atom is 0.160 e. The molecule has 5 heteroatoms. The van der Waals surface area contributed by atoms with Crippen LogP contribution in [0.15, 0.2) is 6.20 Å². The molecule has 19 heavy (non-hydrogen) atoms. The first-order valence-electron chi connectivity index (χ1n) is 6.63. The number of nitrogens with two attached hydrogens (primary N) is 1. The van der Waals surface area contributed by atoms with Gasteiger partial charge in [0, 0.05) is 26.0 Å². The van der Waals surface area contributed by atoms with E-state index in [9.17, 15) is 0 Å². The molecule has 1 heterocycles. The summed E-state index contributed by atoms with van der Waals surface area (Å²) in [5.41, 5.74) is 6.27. The van der Waals surface area contributed by atoms with Gasteiger partial charge in [0.15, 0.2) is 5.75 Å². The third-order valence-corrected chi connectivity index (χ3v) is 3.07. The molecule has 0 aliphatic carbocycles. The van der Waals surface area contributed by atoms with Gasteiger partial charge in [-0.1, -0.05) is 13.8 Å². The molecule has 0 aliphatic rings. The Balaban J connectivity index is 2.68. The van der Waals surface area contributed by atoms with E-state index in [1.54, 1.807) is 13.3 Å². The minimum absolute atomic E-state index is 0.193. The fourth-order valence-electron chi connectivity index (χ4n) is 1.48. The highest BCUT2D eigenvalue weighted by Crippen LogP contribution is 2.20. The van der Waals surface area contributed by atoms with E-state index < -0.39 is 0 Å². The highest BCUT2D eigenvalue weighted by Gasteiger charge is 2.17. The van der Waals surface area contributed by atoms with Crippen molar-refractivity contribution in [2.45, 2.75) is 52.2 Å². The molecule has 0 amide bonds. The molecule has 108 valence electrons. The van der Waals surface area contributed by atoms with Gasteiger partial charge in [0.2, 0.25) is 0 Å². The highest BCUT2D eigenvalue weighted by atomic mass is 16.5. The molecule has 0 saturated carbocycles. The summed E-state index contributed by atoms with van der Waals surface area (Å²) in [6.45, 7) is 9.06. The summed E-state index contributed by atoms with van der Waals surface area (Å²) in [7, 11) is 1.70. The Morgan fingerprint density at radius 3 is 2.58 bits per heavy atom.